The Morgan fingerprint density at radius 3 is 2.41 bits per heavy atom. The van der Waals surface area contributed by atoms with E-state index in [1.807, 2.05) is 25.1 Å². The van der Waals surface area contributed by atoms with E-state index in [1.54, 1.807) is 14.0 Å². The molecule has 0 aliphatic rings. The van der Waals surface area contributed by atoms with E-state index < -0.39 is 12.2 Å². The van der Waals surface area contributed by atoms with Crippen molar-refractivity contribution in [3.05, 3.63) is 28.2 Å². The van der Waals surface area contributed by atoms with Gasteiger partial charge in [0.05, 0.1) is 23.8 Å². The second-order valence-electron chi connectivity index (χ2n) is 4.34. The molecule has 0 amide bonds. The maximum absolute atomic E-state index is 9.64. The van der Waals surface area contributed by atoms with Gasteiger partial charge in [0, 0.05) is 0 Å². The van der Waals surface area contributed by atoms with Gasteiger partial charge in [0.2, 0.25) is 0 Å². The lowest BCUT2D eigenvalue weighted by Gasteiger charge is -2.19. The number of benzene rings is 1. The van der Waals surface area contributed by atoms with Crippen LogP contribution in [0.4, 0.5) is 0 Å². The number of ether oxygens (including phenoxy) is 1. The fraction of sp³-hybridized carbons (Fsp3) is 0.538. The van der Waals surface area contributed by atoms with Crippen molar-refractivity contribution in [3.63, 3.8) is 0 Å². The maximum atomic E-state index is 9.64. The van der Waals surface area contributed by atoms with Gasteiger partial charge in [-0.15, -0.1) is 0 Å². The lowest BCUT2D eigenvalue weighted by molar-refractivity contribution is 0.0227. The van der Waals surface area contributed by atoms with Crippen LogP contribution in [0.2, 0.25) is 0 Å². The van der Waals surface area contributed by atoms with Crippen molar-refractivity contribution < 1.29 is 14.9 Å². The van der Waals surface area contributed by atoms with Gasteiger partial charge in [0.25, 0.3) is 0 Å². The molecule has 0 spiro atoms. The Kier molecular flexibility index (Phi) is 5.43. The molecule has 1 aromatic rings. The van der Waals surface area contributed by atoms with Crippen LogP contribution in [0, 0.1) is 0 Å². The van der Waals surface area contributed by atoms with Crippen LogP contribution >= 0.6 is 15.9 Å². The van der Waals surface area contributed by atoms with Gasteiger partial charge in [-0.1, -0.05) is 13.0 Å². The molecule has 0 bridgehead atoms. The molecule has 3 unspecified atom stereocenters. The average Bonchev–Trinajstić information content (AvgIpc) is 2.28. The first-order valence-electron chi connectivity index (χ1n) is 5.65. The van der Waals surface area contributed by atoms with Crippen LogP contribution in [0.25, 0.3) is 0 Å². The highest BCUT2D eigenvalue weighted by atomic mass is 79.9. The van der Waals surface area contributed by atoms with Crippen LogP contribution in [0.15, 0.2) is 22.7 Å². The normalized spacial score (nSPS) is 16.4. The molecule has 1 aromatic carbocycles. The third-order valence-electron chi connectivity index (χ3n) is 2.90. The lowest BCUT2D eigenvalue weighted by atomic mass is 9.93. The first-order chi connectivity index (χ1) is 7.95. The van der Waals surface area contributed by atoms with Crippen molar-refractivity contribution in [2.45, 2.75) is 38.4 Å². The van der Waals surface area contributed by atoms with Crippen LogP contribution in [0.5, 0.6) is 5.75 Å². The van der Waals surface area contributed by atoms with Gasteiger partial charge in [-0.2, -0.15) is 0 Å². The molecule has 17 heavy (non-hydrogen) atoms. The van der Waals surface area contributed by atoms with E-state index in [0.29, 0.717) is 6.42 Å². The largest absolute Gasteiger partial charge is 0.496 e. The van der Waals surface area contributed by atoms with Crippen molar-refractivity contribution in [2.24, 2.45) is 0 Å². The quantitative estimate of drug-likeness (QED) is 0.879. The lowest BCUT2D eigenvalue weighted by Crippen LogP contribution is -2.24. The summed E-state index contributed by atoms with van der Waals surface area (Å²) < 4.78 is 6.06. The number of aliphatic hydroxyl groups excluding tert-OH is 2. The van der Waals surface area contributed by atoms with Crippen molar-refractivity contribution >= 4 is 15.9 Å². The SMILES string of the molecule is COc1ccc(C(C)CC(O)C(C)O)cc1Br. The summed E-state index contributed by atoms with van der Waals surface area (Å²) in [5.74, 6) is 0.971. The first kappa shape index (κ1) is 14.5. The summed E-state index contributed by atoms with van der Waals surface area (Å²) in [5, 5.41) is 18.9. The molecule has 0 saturated heterocycles. The molecule has 0 aliphatic carbocycles. The summed E-state index contributed by atoms with van der Waals surface area (Å²) in [7, 11) is 1.63. The molecule has 0 aliphatic heterocycles. The Morgan fingerprint density at radius 2 is 1.94 bits per heavy atom. The molecule has 96 valence electrons. The van der Waals surface area contributed by atoms with E-state index in [1.165, 1.54) is 0 Å². The van der Waals surface area contributed by atoms with Crippen LogP contribution in [-0.2, 0) is 0 Å². The van der Waals surface area contributed by atoms with Crippen molar-refractivity contribution in [1.29, 1.82) is 0 Å². The summed E-state index contributed by atoms with van der Waals surface area (Å²) >= 11 is 3.43. The molecule has 0 aromatic heterocycles. The fourth-order valence-corrected chi connectivity index (χ4v) is 2.24. The summed E-state index contributed by atoms with van der Waals surface area (Å²) in [5.41, 5.74) is 1.11. The minimum atomic E-state index is -0.695. The van der Waals surface area contributed by atoms with Crippen LogP contribution in [0.3, 0.4) is 0 Å². The molecular weight excluding hydrogens is 284 g/mol. The zero-order valence-corrected chi connectivity index (χ0v) is 11.9. The molecular formula is C13H19BrO3. The molecule has 4 heteroatoms. The zero-order valence-electron chi connectivity index (χ0n) is 10.4. The Bertz CT molecular complexity index is 366. The van der Waals surface area contributed by atoms with Gasteiger partial charge >= 0.3 is 0 Å². The highest BCUT2D eigenvalue weighted by molar-refractivity contribution is 9.10. The number of halogens is 1. The average molecular weight is 303 g/mol. The number of methoxy groups -OCH3 is 1. The van der Waals surface area contributed by atoms with Gasteiger partial charge < -0.3 is 14.9 Å². The van der Waals surface area contributed by atoms with E-state index in [0.717, 1.165) is 15.8 Å². The molecule has 2 N–H and O–H groups in total. The summed E-state index contributed by atoms with van der Waals surface area (Å²) in [4.78, 5) is 0. The van der Waals surface area contributed by atoms with Crippen LogP contribution in [-0.4, -0.2) is 29.5 Å². The van der Waals surface area contributed by atoms with Crippen molar-refractivity contribution in [1.82, 2.24) is 0 Å². The van der Waals surface area contributed by atoms with Gasteiger partial charge in [-0.3, -0.25) is 0 Å². The summed E-state index contributed by atoms with van der Waals surface area (Å²) in [6.07, 6.45) is -0.846. The highest BCUT2D eigenvalue weighted by Crippen LogP contribution is 2.30. The van der Waals surface area contributed by atoms with Gasteiger partial charge in [0.15, 0.2) is 0 Å². The van der Waals surface area contributed by atoms with Crippen LogP contribution < -0.4 is 4.74 Å². The molecule has 0 radical (unpaired) electrons. The fourth-order valence-electron chi connectivity index (χ4n) is 1.68. The van der Waals surface area contributed by atoms with E-state index in [2.05, 4.69) is 15.9 Å². The Labute approximate surface area is 111 Å². The van der Waals surface area contributed by atoms with Gasteiger partial charge in [0.1, 0.15) is 5.75 Å². The second kappa shape index (κ2) is 6.38. The summed E-state index contributed by atoms with van der Waals surface area (Å²) in [6, 6.07) is 5.85. The molecule has 0 saturated carbocycles. The first-order valence-corrected chi connectivity index (χ1v) is 6.44. The predicted molar refractivity (Wildman–Crippen MR) is 71.4 cm³/mol. The Hall–Kier alpha value is -0.580. The van der Waals surface area contributed by atoms with Crippen LogP contribution in [0.1, 0.15) is 31.7 Å². The van der Waals surface area contributed by atoms with E-state index >= 15 is 0 Å². The molecule has 3 nitrogen and oxygen atoms in total. The van der Waals surface area contributed by atoms with Gasteiger partial charge in [-0.05, 0) is 52.9 Å². The molecule has 0 fully saturated rings. The van der Waals surface area contributed by atoms with Gasteiger partial charge in [-0.25, -0.2) is 0 Å². The molecule has 0 heterocycles. The highest BCUT2D eigenvalue weighted by Gasteiger charge is 2.17. The standard InChI is InChI=1S/C13H19BrO3/c1-8(6-12(16)9(2)15)10-4-5-13(17-3)11(14)7-10/h4-5,7-9,12,15-16H,6H2,1-3H3. The monoisotopic (exact) mass is 302 g/mol. The van der Waals surface area contributed by atoms with Crippen molar-refractivity contribution in [2.75, 3.05) is 7.11 Å². The maximum Gasteiger partial charge on any atom is 0.133 e. The third-order valence-corrected chi connectivity index (χ3v) is 3.52. The number of aliphatic hydroxyl groups is 2. The molecule has 3 atom stereocenters. The minimum absolute atomic E-state index is 0.182. The predicted octanol–water partition coefficient (Wildman–Crippen LogP) is 2.69. The Balaban J connectivity index is 2.76. The topological polar surface area (TPSA) is 49.7 Å². The zero-order chi connectivity index (χ0) is 13.0. The Morgan fingerprint density at radius 1 is 1.29 bits per heavy atom. The second-order valence-corrected chi connectivity index (χ2v) is 5.19. The minimum Gasteiger partial charge on any atom is -0.496 e. The summed E-state index contributed by atoms with van der Waals surface area (Å²) in [6.45, 7) is 3.63. The number of rotatable bonds is 5. The third kappa shape index (κ3) is 3.98. The van der Waals surface area contributed by atoms with E-state index in [9.17, 15) is 10.2 Å². The number of hydrogen-bond acceptors (Lipinski definition) is 3. The van der Waals surface area contributed by atoms with Crippen molar-refractivity contribution in [3.8, 4) is 5.75 Å². The van der Waals surface area contributed by atoms with E-state index in [-0.39, 0.29) is 5.92 Å². The molecule has 1 rings (SSSR count). The van der Waals surface area contributed by atoms with E-state index in [4.69, 9.17) is 4.74 Å². The smallest absolute Gasteiger partial charge is 0.133 e. The number of hydrogen-bond donors (Lipinski definition) is 2.